The SMILES string of the molecule is CC1OC(C)C(C(C)(C)C)C1C(C)(C)C. The molecule has 4 unspecified atom stereocenters. The van der Waals surface area contributed by atoms with Crippen molar-refractivity contribution in [2.24, 2.45) is 22.7 Å². The van der Waals surface area contributed by atoms with E-state index in [1.54, 1.807) is 0 Å². The van der Waals surface area contributed by atoms with E-state index < -0.39 is 0 Å². The predicted octanol–water partition coefficient (Wildman–Crippen LogP) is 4.12. The summed E-state index contributed by atoms with van der Waals surface area (Å²) in [6.07, 6.45) is 0.786. The van der Waals surface area contributed by atoms with Gasteiger partial charge in [-0.3, -0.25) is 0 Å². The molecule has 0 saturated carbocycles. The summed E-state index contributed by atoms with van der Waals surface area (Å²) in [5.41, 5.74) is 0.671. The topological polar surface area (TPSA) is 9.23 Å². The van der Waals surface area contributed by atoms with Crippen molar-refractivity contribution < 1.29 is 4.74 Å². The maximum absolute atomic E-state index is 6.04. The highest BCUT2D eigenvalue weighted by atomic mass is 16.5. The lowest BCUT2D eigenvalue weighted by atomic mass is 9.62. The van der Waals surface area contributed by atoms with Crippen LogP contribution in [0.3, 0.4) is 0 Å². The second-order valence-electron chi connectivity index (χ2n) is 7.33. The van der Waals surface area contributed by atoms with E-state index in [0.29, 0.717) is 34.9 Å². The largest absolute Gasteiger partial charge is 0.375 e. The van der Waals surface area contributed by atoms with Crippen LogP contribution in [0.4, 0.5) is 0 Å². The smallest absolute Gasteiger partial charge is 0.0587 e. The minimum absolute atomic E-state index is 0.335. The Kier molecular flexibility index (Phi) is 3.27. The molecule has 0 aromatic heterocycles. The molecule has 1 aliphatic heterocycles. The Morgan fingerprint density at radius 1 is 0.667 bits per heavy atom. The lowest BCUT2D eigenvalue weighted by Gasteiger charge is -2.41. The second-order valence-corrected chi connectivity index (χ2v) is 7.33. The highest BCUT2D eigenvalue weighted by Crippen LogP contribution is 2.50. The van der Waals surface area contributed by atoms with Crippen LogP contribution >= 0.6 is 0 Å². The van der Waals surface area contributed by atoms with Gasteiger partial charge in [0.1, 0.15) is 0 Å². The first-order chi connectivity index (χ1) is 6.55. The minimum atomic E-state index is 0.335. The van der Waals surface area contributed by atoms with E-state index in [2.05, 4.69) is 55.4 Å². The van der Waals surface area contributed by atoms with E-state index in [9.17, 15) is 0 Å². The first-order valence-corrected chi connectivity index (χ1v) is 6.20. The summed E-state index contributed by atoms with van der Waals surface area (Å²) in [7, 11) is 0. The van der Waals surface area contributed by atoms with Crippen LogP contribution in [0.5, 0.6) is 0 Å². The molecule has 0 spiro atoms. The van der Waals surface area contributed by atoms with Crippen molar-refractivity contribution in [1.82, 2.24) is 0 Å². The molecule has 15 heavy (non-hydrogen) atoms. The molecule has 0 aromatic carbocycles. The Hall–Kier alpha value is -0.0400. The number of ether oxygens (including phenoxy) is 1. The average molecular weight is 212 g/mol. The van der Waals surface area contributed by atoms with Crippen LogP contribution in [0.2, 0.25) is 0 Å². The van der Waals surface area contributed by atoms with Crippen LogP contribution in [-0.2, 0) is 4.74 Å². The molecule has 0 aromatic rings. The highest BCUT2D eigenvalue weighted by molar-refractivity contribution is 4.97. The van der Waals surface area contributed by atoms with Crippen LogP contribution in [-0.4, -0.2) is 12.2 Å². The van der Waals surface area contributed by atoms with Gasteiger partial charge in [-0.25, -0.2) is 0 Å². The first-order valence-electron chi connectivity index (χ1n) is 6.20. The fraction of sp³-hybridized carbons (Fsp3) is 1.00. The van der Waals surface area contributed by atoms with Crippen molar-refractivity contribution >= 4 is 0 Å². The second kappa shape index (κ2) is 3.76. The van der Waals surface area contributed by atoms with Gasteiger partial charge in [-0.2, -0.15) is 0 Å². The summed E-state index contributed by atoms with van der Waals surface area (Å²) in [6.45, 7) is 18.5. The van der Waals surface area contributed by atoms with Crippen LogP contribution < -0.4 is 0 Å². The van der Waals surface area contributed by atoms with Crippen molar-refractivity contribution in [3.63, 3.8) is 0 Å². The molecule has 1 nitrogen and oxygen atoms in total. The Balaban J connectivity index is 3.01. The van der Waals surface area contributed by atoms with Crippen molar-refractivity contribution in [1.29, 1.82) is 0 Å². The fourth-order valence-electron chi connectivity index (χ4n) is 3.58. The zero-order chi connectivity index (χ0) is 12.0. The molecule has 0 N–H and O–H groups in total. The first kappa shape index (κ1) is 13.0. The molecule has 1 heteroatoms. The lowest BCUT2D eigenvalue weighted by molar-refractivity contribution is 0.0344. The van der Waals surface area contributed by atoms with Gasteiger partial charge >= 0.3 is 0 Å². The molecule has 0 bridgehead atoms. The van der Waals surface area contributed by atoms with E-state index in [-0.39, 0.29) is 0 Å². The Bertz CT molecular complexity index is 194. The maximum atomic E-state index is 6.04. The molecule has 1 rings (SSSR count). The quantitative estimate of drug-likeness (QED) is 0.587. The number of hydrogen-bond donors (Lipinski definition) is 0. The zero-order valence-corrected chi connectivity index (χ0v) is 11.7. The zero-order valence-electron chi connectivity index (χ0n) is 11.7. The number of hydrogen-bond acceptors (Lipinski definition) is 1. The molecule has 0 amide bonds. The summed E-state index contributed by atoms with van der Waals surface area (Å²) >= 11 is 0. The van der Waals surface area contributed by atoms with Crippen LogP contribution in [0.15, 0.2) is 0 Å². The van der Waals surface area contributed by atoms with Crippen molar-refractivity contribution in [3.05, 3.63) is 0 Å². The van der Waals surface area contributed by atoms with Crippen molar-refractivity contribution in [2.75, 3.05) is 0 Å². The molecule has 4 atom stereocenters. The van der Waals surface area contributed by atoms with Gasteiger partial charge in [-0.1, -0.05) is 41.5 Å². The van der Waals surface area contributed by atoms with Gasteiger partial charge in [0.15, 0.2) is 0 Å². The van der Waals surface area contributed by atoms with Gasteiger partial charge in [-0.15, -0.1) is 0 Å². The molecule has 1 fully saturated rings. The van der Waals surface area contributed by atoms with Gasteiger partial charge in [0.05, 0.1) is 12.2 Å². The summed E-state index contributed by atoms with van der Waals surface area (Å²) in [4.78, 5) is 0. The molecule has 1 heterocycles. The summed E-state index contributed by atoms with van der Waals surface area (Å²) in [5.74, 6) is 1.32. The molecular formula is C14H28O. The summed E-state index contributed by atoms with van der Waals surface area (Å²) in [5, 5.41) is 0. The maximum Gasteiger partial charge on any atom is 0.0587 e. The highest BCUT2D eigenvalue weighted by Gasteiger charge is 2.50. The van der Waals surface area contributed by atoms with Gasteiger partial charge in [0.2, 0.25) is 0 Å². The van der Waals surface area contributed by atoms with E-state index in [1.807, 2.05) is 0 Å². The molecule has 1 saturated heterocycles. The van der Waals surface area contributed by atoms with Crippen LogP contribution in [0.25, 0.3) is 0 Å². The van der Waals surface area contributed by atoms with E-state index in [1.165, 1.54) is 0 Å². The van der Waals surface area contributed by atoms with Gasteiger partial charge in [0.25, 0.3) is 0 Å². The lowest BCUT2D eigenvalue weighted by Crippen LogP contribution is -2.39. The molecule has 1 aliphatic rings. The summed E-state index contributed by atoms with van der Waals surface area (Å²) < 4.78 is 6.04. The van der Waals surface area contributed by atoms with Crippen molar-refractivity contribution in [3.8, 4) is 0 Å². The van der Waals surface area contributed by atoms with E-state index in [0.717, 1.165) is 0 Å². The molecular weight excluding hydrogens is 184 g/mol. The summed E-state index contributed by atoms with van der Waals surface area (Å²) in [6, 6.07) is 0. The molecule has 0 aliphatic carbocycles. The minimum Gasteiger partial charge on any atom is -0.375 e. The number of rotatable bonds is 0. The van der Waals surface area contributed by atoms with Gasteiger partial charge in [0, 0.05) is 0 Å². The van der Waals surface area contributed by atoms with Crippen molar-refractivity contribution in [2.45, 2.75) is 67.6 Å². The third kappa shape index (κ3) is 2.55. The Morgan fingerprint density at radius 2 is 0.933 bits per heavy atom. The fourth-order valence-corrected chi connectivity index (χ4v) is 3.58. The Morgan fingerprint density at radius 3 is 1.13 bits per heavy atom. The van der Waals surface area contributed by atoms with Gasteiger partial charge < -0.3 is 4.74 Å². The van der Waals surface area contributed by atoms with Crippen LogP contribution in [0, 0.1) is 22.7 Å². The van der Waals surface area contributed by atoms with Crippen LogP contribution in [0.1, 0.15) is 55.4 Å². The van der Waals surface area contributed by atoms with E-state index >= 15 is 0 Å². The average Bonchev–Trinajstić information content (AvgIpc) is 2.22. The standard InChI is InChI=1S/C14H28O/c1-9-11(13(3,4)5)12(10(2)15-9)14(6,7)8/h9-12H,1-8H3. The molecule has 90 valence electrons. The Labute approximate surface area is 95.6 Å². The molecule has 0 radical (unpaired) electrons. The third-order valence-electron chi connectivity index (χ3n) is 3.83. The van der Waals surface area contributed by atoms with Gasteiger partial charge in [-0.05, 0) is 36.5 Å². The predicted molar refractivity (Wildman–Crippen MR) is 65.9 cm³/mol. The third-order valence-corrected chi connectivity index (χ3v) is 3.83. The van der Waals surface area contributed by atoms with E-state index in [4.69, 9.17) is 4.74 Å². The monoisotopic (exact) mass is 212 g/mol. The normalized spacial score (nSPS) is 38.4.